The summed E-state index contributed by atoms with van der Waals surface area (Å²) in [7, 11) is 0. The van der Waals surface area contributed by atoms with E-state index in [0.29, 0.717) is 16.3 Å². The van der Waals surface area contributed by atoms with Crippen molar-refractivity contribution in [1.29, 1.82) is 0 Å². The highest BCUT2D eigenvalue weighted by Gasteiger charge is 2.25. The first-order valence-corrected chi connectivity index (χ1v) is 10.7. The van der Waals surface area contributed by atoms with Crippen LogP contribution in [0.3, 0.4) is 0 Å². The molecule has 31 heavy (non-hydrogen) atoms. The molecule has 0 bridgehead atoms. The van der Waals surface area contributed by atoms with Crippen LogP contribution in [0.1, 0.15) is 40.4 Å². The second kappa shape index (κ2) is 9.77. The van der Waals surface area contributed by atoms with Gasteiger partial charge in [0.1, 0.15) is 0 Å². The van der Waals surface area contributed by atoms with Crippen molar-refractivity contribution in [3.8, 4) is 0 Å². The van der Waals surface area contributed by atoms with Crippen molar-refractivity contribution in [1.82, 2.24) is 10.6 Å². The van der Waals surface area contributed by atoms with Crippen LogP contribution in [0, 0.1) is 0 Å². The van der Waals surface area contributed by atoms with E-state index in [-0.39, 0.29) is 30.4 Å². The average Bonchev–Trinajstić information content (AvgIpc) is 3.60. The topological polar surface area (TPSA) is 70.2 Å². The summed E-state index contributed by atoms with van der Waals surface area (Å²) in [5, 5.41) is 9.82. The third-order valence-electron chi connectivity index (χ3n) is 5.16. The maximum atomic E-state index is 12.7. The number of hydrogen-bond donors (Lipinski definition) is 3. The zero-order valence-corrected chi connectivity index (χ0v) is 17.7. The fourth-order valence-electron chi connectivity index (χ4n) is 3.40. The molecule has 1 atom stereocenters. The Morgan fingerprint density at radius 1 is 0.871 bits per heavy atom. The smallest absolute Gasteiger partial charge is 0.253 e. The van der Waals surface area contributed by atoms with Gasteiger partial charge in [0.2, 0.25) is 5.91 Å². The van der Waals surface area contributed by atoms with Crippen LogP contribution in [-0.2, 0) is 4.79 Å². The highest BCUT2D eigenvalue weighted by Crippen LogP contribution is 2.24. The Balaban J connectivity index is 1.45. The SMILES string of the molecule is O=C(CN[C@H](c1ccccc1)c1ccc(Cl)cc1)Nc1ccccc1C(=O)NC1CC1. The Kier molecular flexibility index (Phi) is 6.65. The van der Waals surface area contributed by atoms with Crippen molar-refractivity contribution < 1.29 is 9.59 Å². The molecule has 158 valence electrons. The maximum Gasteiger partial charge on any atom is 0.253 e. The number of amides is 2. The molecule has 5 nitrogen and oxygen atoms in total. The van der Waals surface area contributed by atoms with Crippen LogP contribution in [0.25, 0.3) is 0 Å². The predicted molar refractivity (Wildman–Crippen MR) is 123 cm³/mol. The lowest BCUT2D eigenvalue weighted by Gasteiger charge is -2.20. The van der Waals surface area contributed by atoms with Crippen molar-refractivity contribution in [3.63, 3.8) is 0 Å². The fraction of sp³-hybridized carbons (Fsp3) is 0.200. The summed E-state index contributed by atoms with van der Waals surface area (Å²) in [6.07, 6.45) is 2.02. The van der Waals surface area contributed by atoms with E-state index < -0.39 is 0 Å². The molecule has 0 aromatic heterocycles. The van der Waals surface area contributed by atoms with Gasteiger partial charge in [-0.05, 0) is 48.2 Å². The molecule has 3 aromatic carbocycles. The number of halogens is 1. The van der Waals surface area contributed by atoms with Crippen LogP contribution >= 0.6 is 11.6 Å². The minimum absolute atomic E-state index is 0.0841. The number of carbonyl (C=O) groups is 2. The van der Waals surface area contributed by atoms with Crippen molar-refractivity contribution in [2.24, 2.45) is 0 Å². The molecule has 3 aromatic rings. The first-order valence-electron chi connectivity index (χ1n) is 10.3. The van der Waals surface area contributed by atoms with Crippen molar-refractivity contribution in [3.05, 3.63) is 101 Å². The normalized spacial score (nSPS) is 14.0. The summed E-state index contributed by atoms with van der Waals surface area (Å²) >= 11 is 6.04. The van der Waals surface area contributed by atoms with E-state index in [0.717, 1.165) is 24.0 Å². The van der Waals surface area contributed by atoms with E-state index in [4.69, 9.17) is 11.6 Å². The summed E-state index contributed by atoms with van der Waals surface area (Å²) in [6.45, 7) is 0.0841. The second-order valence-electron chi connectivity index (χ2n) is 7.62. The highest BCUT2D eigenvalue weighted by atomic mass is 35.5. The number of benzene rings is 3. The molecule has 0 heterocycles. The number of hydrogen-bond acceptors (Lipinski definition) is 3. The molecule has 1 saturated carbocycles. The summed E-state index contributed by atoms with van der Waals surface area (Å²) < 4.78 is 0. The van der Waals surface area contributed by atoms with Crippen molar-refractivity contribution in [2.75, 3.05) is 11.9 Å². The quantitative estimate of drug-likeness (QED) is 0.488. The van der Waals surface area contributed by atoms with Crippen LogP contribution in [0.15, 0.2) is 78.9 Å². The van der Waals surface area contributed by atoms with Crippen LogP contribution in [0.2, 0.25) is 5.02 Å². The molecule has 0 radical (unpaired) electrons. The van der Waals surface area contributed by atoms with Gasteiger partial charge < -0.3 is 10.6 Å². The molecule has 1 aliphatic rings. The highest BCUT2D eigenvalue weighted by molar-refractivity contribution is 6.30. The number of nitrogens with one attached hydrogen (secondary N) is 3. The van der Waals surface area contributed by atoms with Crippen LogP contribution < -0.4 is 16.0 Å². The Bertz CT molecular complexity index is 1050. The zero-order valence-electron chi connectivity index (χ0n) is 17.0. The standard InChI is InChI=1S/C25H24ClN3O2/c26-19-12-10-18(11-13-19)24(17-6-2-1-3-7-17)27-16-23(30)29-22-9-5-4-8-21(22)25(31)28-20-14-15-20/h1-13,20,24,27H,14-16H2,(H,28,31)(H,29,30)/t24-/m1/s1. The van der Waals surface area contributed by atoms with Crippen molar-refractivity contribution in [2.45, 2.75) is 24.9 Å². The van der Waals surface area contributed by atoms with Gasteiger partial charge in [-0.1, -0.05) is 66.2 Å². The Hall–Kier alpha value is -3.15. The minimum atomic E-state index is -0.221. The zero-order chi connectivity index (χ0) is 21.6. The number of rotatable bonds is 8. The van der Waals surface area contributed by atoms with Crippen LogP contribution in [-0.4, -0.2) is 24.4 Å². The summed E-state index contributed by atoms with van der Waals surface area (Å²) in [5.41, 5.74) is 3.03. The molecule has 1 fully saturated rings. The van der Waals surface area contributed by atoms with E-state index in [9.17, 15) is 9.59 Å². The molecule has 0 saturated heterocycles. The van der Waals surface area contributed by atoms with Crippen LogP contribution in [0.4, 0.5) is 5.69 Å². The molecule has 2 amide bonds. The third kappa shape index (κ3) is 5.72. The van der Waals surface area contributed by atoms with E-state index >= 15 is 0 Å². The van der Waals surface area contributed by atoms with E-state index in [2.05, 4.69) is 16.0 Å². The summed E-state index contributed by atoms with van der Waals surface area (Å²) in [4.78, 5) is 25.2. The van der Waals surface area contributed by atoms with Gasteiger partial charge in [0, 0.05) is 11.1 Å². The molecule has 6 heteroatoms. The number of para-hydroxylation sites is 1. The molecule has 4 rings (SSSR count). The van der Waals surface area contributed by atoms with Gasteiger partial charge in [-0.25, -0.2) is 0 Å². The van der Waals surface area contributed by atoms with E-state index in [1.807, 2.05) is 54.6 Å². The fourth-order valence-corrected chi connectivity index (χ4v) is 3.52. The molecule has 0 spiro atoms. The number of carbonyl (C=O) groups excluding carboxylic acids is 2. The molecular formula is C25H24ClN3O2. The van der Waals surface area contributed by atoms with Gasteiger partial charge in [0.15, 0.2) is 0 Å². The Morgan fingerprint density at radius 2 is 1.52 bits per heavy atom. The van der Waals surface area contributed by atoms with Gasteiger partial charge in [-0.15, -0.1) is 0 Å². The average molecular weight is 434 g/mol. The first kappa shape index (κ1) is 21.1. The van der Waals surface area contributed by atoms with E-state index in [1.54, 1.807) is 24.3 Å². The molecule has 0 aliphatic heterocycles. The summed E-state index contributed by atoms with van der Waals surface area (Å²) in [6, 6.07) is 24.6. The third-order valence-corrected chi connectivity index (χ3v) is 5.41. The monoisotopic (exact) mass is 433 g/mol. The minimum Gasteiger partial charge on any atom is -0.349 e. The van der Waals surface area contributed by atoms with Crippen LogP contribution in [0.5, 0.6) is 0 Å². The lowest BCUT2D eigenvalue weighted by Crippen LogP contribution is -2.33. The van der Waals surface area contributed by atoms with Gasteiger partial charge in [0.05, 0.1) is 23.8 Å². The number of anilines is 1. The Morgan fingerprint density at radius 3 is 2.23 bits per heavy atom. The van der Waals surface area contributed by atoms with Gasteiger partial charge >= 0.3 is 0 Å². The van der Waals surface area contributed by atoms with Gasteiger partial charge in [-0.2, -0.15) is 0 Å². The first-order chi connectivity index (χ1) is 15.1. The van der Waals surface area contributed by atoms with Crippen molar-refractivity contribution >= 4 is 29.1 Å². The van der Waals surface area contributed by atoms with Gasteiger partial charge in [-0.3, -0.25) is 14.9 Å². The largest absolute Gasteiger partial charge is 0.349 e. The lowest BCUT2D eigenvalue weighted by atomic mass is 9.99. The van der Waals surface area contributed by atoms with Gasteiger partial charge in [0.25, 0.3) is 5.91 Å². The Labute approximate surface area is 186 Å². The second-order valence-corrected chi connectivity index (χ2v) is 8.05. The molecular weight excluding hydrogens is 410 g/mol. The maximum absolute atomic E-state index is 12.7. The summed E-state index contributed by atoms with van der Waals surface area (Å²) in [5.74, 6) is -0.378. The van der Waals surface area contributed by atoms with E-state index in [1.165, 1.54) is 0 Å². The lowest BCUT2D eigenvalue weighted by molar-refractivity contribution is -0.115. The molecule has 1 aliphatic carbocycles. The molecule has 3 N–H and O–H groups in total. The molecule has 0 unspecified atom stereocenters. The predicted octanol–water partition coefficient (Wildman–Crippen LogP) is 4.55.